The molecule has 3 N–H and O–H groups in total. The Labute approximate surface area is 208 Å². The number of carboxylic acids is 1. The molecule has 0 aliphatic heterocycles. The predicted molar refractivity (Wildman–Crippen MR) is 139 cm³/mol. The Morgan fingerprint density at radius 3 is 2.26 bits per heavy atom. The van der Waals surface area contributed by atoms with Crippen molar-refractivity contribution < 1.29 is 19.4 Å². The Kier molecular flexibility index (Phi) is 8.18. The van der Waals surface area contributed by atoms with Crippen LogP contribution in [-0.2, 0) is 19.6 Å². The number of carboxylic acid groups (broad SMARTS) is 1. The minimum absolute atomic E-state index is 0.0722. The summed E-state index contributed by atoms with van der Waals surface area (Å²) in [6, 6.07) is 9.87. The monoisotopic (exact) mass is 476 g/mol. The molecule has 0 bridgehead atoms. The SMILES string of the molecule is COc1cc(C(=O)O)c(OCc2c(C)nc(CC(C)C)c(CN)c2-c2ccc(C)cc2)c(C)c1C. The number of benzene rings is 2. The van der Waals surface area contributed by atoms with Crippen molar-refractivity contribution in [3.05, 3.63) is 75.1 Å². The number of hydrogen-bond donors (Lipinski definition) is 2. The average molecular weight is 477 g/mol. The van der Waals surface area contributed by atoms with Crippen LogP contribution in [0.2, 0.25) is 0 Å². The fourth-order valence-electron chi connectivity index (χ4n) is 4.43. The Balaban J connectivity index is 2.18. The van der Waals surface area contributed by atoms with Gasteiger partial charge in [-0.15, -0.1) is 0 Å². The molecule has 1 aromatic heterocycles. The van der Waals surface area contributed by atoms with E-state index in [0.29, 0.717) is 24.0 Å². The van der Waals surface area contributed by atoms with Gasteiger partial charge in [0, 0.05) is 23.5 Å². The van der Waals surface area contributed by atoms with Crippen LogP contribution in [0.5, 0.6) is 11.5 Å². The van der Waals surface area contributed by atoms with Crippen LogP contribution in [0.4, 0.5) is 0 Å². The summed E-state index contributed by atoms with van der Waals surface area (Å²) in [6.07, 6.45) is 0.827. The lowest BCUT2D eigenvalue weighted by Gasteiger charge is -2.22. The lowest BCUT2D eigenvalue weighted by atomic mass is 9.90. The number of nitrogens with zero attached hydrogens (tertiary/aromatic N) is 1. The zero-order chi connectivity index (χ0) is 25.9. The zero-order valence-corrected chi connectivity index (χ0v) is 21.8. The molecule has 0 spiro atoms. The van der Waals surface area contributed by atoms with Crippen molar-refractivity contribution in [3.63, 3.8) is 0 Å². The number of aromatic nitrogens is 1. The van der Waals surface area contributed by atoms with E-state index in [4.69, 9.17) is 20.2 Å². The summed E-state index contributed by atoms with van der Waals surface area (Å²) < 4.78 is 11.6. The predicted octanol–water partition coefficient (Wildman–Crippen LogP) is 5.93. The third-order valence-electron chi connectivity index (χ3n) is 6.44. The van der Waals surface area contributed by atoms with Gasteiger partial charge in [-0.2, -0.15) is 0 Å². The number of aromatic carboxylic acids is 1. The first kappa shape index (κ1) is 26.2. The molecule has 3 rings (SSSR count). The molecule has 0 saturated carbocycles. The maximum Gasteiger partial charge on any atom is 0.339 e. The third-order valence-corrected chi connectivity index (χ3v) is 6.44. The second-order valence-corrected chi connectivity index (χ2v) is 9.44. The Morgan fingerprint density at radius 2 is 1.71 bits per heavy atom. The highest BCUT2D eigenvalue weighted by Gasteiger charge is 2.23. The van der Waals surface area contributed by atoms with Crippen LogP contribution >= 0.6 is 0 Å². The Hall–Kier alpha value is -3.38. The normalized spacial score (nSPS) is 11.1. The van der Waals surface area contributed by atoms with E-state index in [1.807, 2.05) is 20.8 Å². The van der Waals surface area contributed by atoms with E-state index in [0.717, 1.165) is 51.2 Å². The number of hydrogen-bond acceptors (Lipinski definition) is 5. The van der Waals surface area contributed by atoms with E-state index < -0.39 is 5.97 Å². The molecule has 0 amide bonds. The van der Waals surface area contributed by atoms with Crippen molar-refractivity contribution in [2.24, 2.45) is 11.7 Å². The van der Waals surface area contributed by atoms with Crippen LogP contribution in [-0.4, -0.2) is 23.2 Å². The van der Waals surface area contributed by atoms with Gasteiger partial charge in [0.1, 0.15) is 23.7 Å². The number of methoxy groups -OCH3 is 1. The van der Waals surface area contributed by atoms with Crippen molar-refractivity contribution in [3.8, 4) is 22.6 Å². The van der Waals surface area contributed by atoms with Gasteiger partial charge in [-0.25, -0.2) is 4.79 Å². The molecule has 0 aliphatic carbocycles. The van der Waals surface area contributed by atoms with Crippen LogP contribution in [0, 0.1) is 33.6 Å². The maximum absolute atomic E-state index is 12.0. The first-order valence-electron chi connectivity index (χ1n) is 11.9. The summed E-state index contributed by atoms with van der Waals surface area (Å²) in [5, 5.41) is 9.85. The van der Waals surface area contributed by atoms with Gasteiger partial charge in [0.15, 0.2) is 0 Å². The van der Waals surface area contributed by atoms with Crippen LogP contribution in [0.25, 0.3) is 11.1 Å². The van der Waals surface area contributed by atoms with Gasteiger partial charge >= 0.3 is 5.97 Å². The van der Waals surface area contributed by atoms with Gasteiger partial charge < -0.3 is 20.3 Å². The van der Waals surface area contributed by atoms with Gasteiger partial charge in [0.2, 0.25) is 0 Å². The molecule has 6 nitrogen and oxygen atoms in total. The summed E-state index contributed by atoms with van der Waals surface area (Å²) in [4.78, 5) is 17.0. The highest BCUT2D eigenvalue weighted by Crippen LogP contribution is 2.37. The van der Waals surface area contributed by atoms with E-state index in [-0.39, 0.29) is 12.2 Å². The number of nitrogens with two attached hydrogens (primary N) is 1. The largest absolute Gasteiger partial charge is 0.496 e. The third kappa shape index (κ3) is 5.49. The molecule has 186 valence electrons. The minimum Gasteiger partial charge on any atom is -0.496 e. The summed E-state index contributed by atoms with van der Waals surface area (Å²) in [5.74, 6) is 0.229. The van der Waals surface area contributed by atoms with Crippen molar-refractivity contribution >= 4 is 5.97 Å². The minimum atomic E-state index is -1.06. The van der Waals surface area contributed by atoms with Gasteiger partial charge in [-0.1, -0.05) is 43.7 Å². The van der Waals surface area contributed by atoms with Gasteiger partial charge in [-0.05, 0) is 73.9 Å². The average Bonchev–Trinajstić information content (AvgIpc) is 2.80. The van der Waals surface area contributed by atoms with Gasteiger partial charge in [0.25, 0.3) is 0 Å². The topological polar surface area (TPSA) is 94.7 Å². The second kappa shape index (κ2) is 10.9. The molecule has 0 unspecified atom stereocenters. The van der Waals surface area contributed by atoms with Crippen molar-refractivity contribution in [2.45, 2.75) is 61.1 Å². The summed E-state index contributed by atoms with van der Waals surface area (Å²) in [5.41, 5.74) is 15.0. The fourth-order valence-corrected chi connectivity index (χ4v) is 4.43. The number of carbonyl (C=O) groups is 1. The van der Waals surface area contributed by atoms with Crippen molar-refractivity contribution in [2.75, 3.05) is 7.11 Å². The van der Waals surface area contributed by atoms with Crippen LogP contribution in [0.1, 0.15) is 63.4 Å². The van der Waals surface area contributed by atoms with Crippen LogP contribution in [0.15, 0.2) is 30.3 Å². The number of aryl methyl sites for hydroxylation is 2. The van der Waals surface area contributed by atoms with Gasteiger partial charge in [0.05, 0.1) is 7.11 Å². The number of pyridine rings is 1. The molecule has 0 fully saturated rings. The van der Waals surface area contributed by atoms with E-state index in [2.05, 4.69) is 45.0 Å². The van der Waals surface area contributed by atoms with Crippen molar-refractivity contribution in [1.82, 2.24) is 4.98 Å². The molecule has 0 atom stereocenters. The maximum atomic E-state index is 12.0. The molecule has 0 radical (unpaired) electrons. The smallest absolute Gasteiger partial charge is 0.339 e. The quantitative estimate of drug-likeness (QED) is 0.398. The van der Waals surface area contributed by atoms with Gasteiger partial charge in [-0.3, -0.25) is 4.98 Å². The van der Waals surface area contributed by atoms with E-state index >= 15 is 0 Å². The van der Waals surface area contributed by atoms with Crippen molar-refractivity contribution in [1.29, 1.82) is 0 Å². The fraction of sp³-hybridized carbons (Fsp3) is 0.379. The molecule has 35 heavy (non-hydrogen) atoms. The molecular weight excluding hydrogens is 440 g/mol. The second-order valence-electron chi connectivity index (χ2n) is 9.44. The highest BCUT2D eigenvalue weighted by atomic mass is 16.5. The molecule has 0 aliphatic rings. The Morgan fingerprint density at radius 1 is 1.06 bits per heavy atom. The van der Waals surface area contributed by atoms with E-state index in [1.54, 1.807) is 0 Å². The van der Waals surface area contributed by atoms with E-state index in [1.165, 1.54) is 18.7 Å². The molecule has 2 aromatic carbocycles. The summed E-state index contributed by atoms with van der Waals surface area (Å²) in [6.45, 7) is 12.6. The molecule has 6 heteroatoms. The van der Waals surface area contributed by atoms with E-state index in [9.17, 15) is 9.90 Å². The van der Waals surface area contributed by atoms with Crippen LogP contribution in [0.3, 0.4) is 0 Å². The molecular formula is C29H36N2O4. The molecule has 0 saturated heterocycles. The zero-order valence-electron chi connectivity index (χ0n) is 21.8. The first-order chi connectivity index (χ1) is 16.6. The lowest BCUT2D eigenvalue weighted by molar-refractivity contribution is 0.0691. The number of rotatable bonds is 9. The first-order valence-corrected chi connectivity index (χ1v) is 11.9. The Bertz CT molecular complexity index is 1230. The summed E-state index contributed by atoms with van der Waals surface area (Å²) in [7, 11) is 1.53. The lowest BCUT2D eigenvalue weighted by Crippen LogP contribution is -2.15. The van der Waals surface area contributed by atoms with Crippen LogP contribution < -0.4 is 15.2 Å². The highest BCUT2D eigenvalue weighted by molar-refractivity contribution is 5.92. The molecule has 3 aromatic rings. The molecule has 1 heterocycles. The standard InChI is InChI=1S/C29H36N2O4/c1-16(2)12-25-23(14-30)27(21-10-8-17(3)9-11-21)24(20(6)31-25)15-35-28-19(5)18(4)26(34-7)13-22(28)29(32)33/h8-11,13,16H,12,14-15,30H2,1-7H3,(H,32,33). The summed E-state index contributed by atoms with van der Waals surface area (Å²) >= 11 is 0. The number of ether oxygens (including phenoxy) is 2.